The Morgan fingerprint density at radius 1 is 1.26 bits per heavy atom. The zero-order valence-corrected chi connectivity index (χ0v) is 11.3. The standard InChI is InChI=1S/C14H14O4S/c1-17-11-4-2-10(3-5-11)8-9-19-13-7-6-12(18-13)14(15)16/h2-7H,8-9H2,1H3,(H,15,16). The number of aryl methyl sites for hydroxylation is 1. The summed E-state index contributed by atoms with van der Waals surface area (Å²) in [7, 11) is 1.64. The number of methoxy groups -OCH3 is 1. The van der Waals surface area contributed by atoms with E-state index in [2.05, 4.69) is 0 Å². The Hall–Kier alpha value is -1.88. The zero-order valence-electron chi connectivity index (χ0n) is 10.5. The lowest BCUT2D eigenvalue weighted by molar-refractivity contribution is 0.0656. The Morgan fingerprint density at radius 2 is 2.00 bits per heavy atom. The van der Waals surface area contributed by atoms with Gasteiger partial charge in [0, 0.05) is 5.75 Å². The number of benzene rings is 1. The van der Waals surface area contributed by atoms with Crippen molar-refractivity contribution in [3.05, 3.63) is 47.7 Å². The first-order valence-electron chi connectivity index (χ1n) is 5.78. The number of carboxylic acid groups (broad SMARTS) is 1. The van der Waals surface area contributed by atoms with E-state index in [1.54, 1.807) is 13.2 Å². The first kappa shape index (κ1) is 13.5. The Labute approximate surface area is 115 Å². The number of furan rings is 1. The number of aromatic carboxylic acids is 1. The van der Waals surface area contributed by atoms with Crippen LogP contribution in [0.2, 0.25) is 0 Å². The molecule has 0 atom stereocenters. The van der Waals surface area contributed by atoms with Gasteiger partial charge in [-0.15, -0.1) is 0 Å². The van der Waals surface area contributed by atoms with Crippen LogP contribution in [0, 0.1) is 0 Å². The Bertz CT molecular complexity index is 545. The van der Waals surface area contributed by atoms with Crippen LogP contribution in [0.5, 0.6) is 5.75 Å². The molecule has 0 bridgehead atoms. The highest BCUT2D eigenvalue weighted by molar-refractivity contribution is 7.99. The predicted octanol–water partition coefficient (Wildman–Crippen LogP) is 3.32. The molecule has 1 aromatic carbocycles. The molecule has 4 nitrogen and oxygen atoms in total. The molecule has 0 spiro atoms. The molecule has 100 valence electrons. The second-order valence-corrected chi connectivity index (χ2v) is 4.97. The lowest BCUT2D eigenvalue weighted by Gasteiger charge is -2.02. The van der Waals surface area contributed by atoms with Crippen molar-refractivity contribution in [2.45, 2.75) is 11.5 Å². The van der Waals surface area contributed by atoms with Crippen molar-refractivity contribution >= 4 is 17.7 Å². The van der Waals surface area contributed by atoms with Crippen molar-refractivity contribution in [2.75, 3.05) is 12.9 Å². The third-order valence-corrected chi connectivity index (χ3v) is 3.50. The maximum absolute atomic E-state index is 10.7. The summed E-state index contributed by atoms with van der Waals surface area (Å²) in [6.45, 7) is 0. The fourth-order valence-corrected chi connectivity index (χ4v) is 2.43. The summed E-state index contributed by atoms with van der Waals surface area (Å²) in [5.41, 5.74) is 1.21. The van der Waals surface area contributed by atoms with Crippen LogP contribution < -0.4 is 4.74 Å². The number of carbonyl (C=O) groups is 1. The van der Waals surface area contributed by atoms with Gasteiger partial charge in [-0.05, 0) is 36.2 Å². The van der Waals surface area contributed by atoms with Crippen LogP contribution in [0.25, 0.3) is 0 Å². The second-order valence-electron chi connectivity index (χ2n) is 3.87. The van der Waals surface area contributed by atoms with Crippen molar-refractivity contribution in [3.8, 4) is 5.75 Å². The highest BCUT2D eigenvalue weighted by Crippen LogP contribution is 2.22. The average Bonchev–Trinajstić information content (AvgIpc) is 2.89. The molecule has 5 heteroatoms. The van der Waals surface area contributed by atoms with Crippen molar-refractivity contribution in [1.29, 1.82) is 0 Å². The zero-order chi connectivity index (χ0) is 13.7. The van der Waals surface area contributed by atoms with Gasteiger partial charge < -0.3 is 14.3 Å². The van der Waals surface area contributed by atoms with Gasteiger partial charge in [0.05, 0.1) is 7.11 Å². The lowest BCUT2D eigenvalue weighted by Crippen LogP contribution is -1.91. The van der Waals surface area contributed by atoms with Crippen molar-refractivity contribution in [1.82, 2.24) is 0 Å². The summed E-state index contributed by atoms with van der Waals surface area (Å²) >= 11 is 1.50. The second kappa shape index (κ2) is 6.33. The van der Waals surface area contributed by atoms with Crippen LogP contribution in [-0.4, -0.2) is 23.9 Å². The molecule has 0 radical (unpaired) electrons. The summed E-state index contributed by atoms with van der Waals surface area (Å²) in [4.78, 5) is 10.7. The molecule has 2 aromatic rings. The minimum Gasteiger partial charge on any atom is -0.497 e. The number of carboxylic acids is 1. The van der Waals surface area contributed by atoms with Crippen LogP contribution >= 0.6 is 11.8 Å². The van der Waals surface area contributed by atoms with Crippen LogP contribution in [0.4, 0.5) is 0 Å². The summed E-state index contributed by atoms with van der Waals surface area (Å²) in [5, 5.41) is 9.37. The number of ether oxygens (including phenoxy) is 1. The Balaban J connectivity index is 1.83. The minimum absolute atomic E-state index is 0.0213. The monoisotopic (exact) mass is 278 g/mol. The van der Waals surface area contributed by atoms with Crippen molar-refractivity contribution in [3.63, 3.8) is 0 Å². The highest BCUT2D eigenvalue weighted by Gasteiger charge is 2.08. The van der Waals surface area contributed by atoms with E-state index < -0.39 is 5.97 Å². The van der Waals surface area contributed by atoms with Gasteiger partial charge in [0.1, 0.15) is 5.75 Å². The first-order chi connectivity index (χ1) is 9.19. The molecule has 1 aromatic heterocycles. The molecular formula is C14H14O4S. The Kier molecular flexibility index (Phi) is 4.52. The number of hydrogen-bond donors (Lipinski definition) is 1. The minimum atomic E-state index is -1.04. The van der Waals surface area contributed by atoms with Gasteiger partial charge in [-0.25, -0.2) is 4.79 Å². The summed E-state index contributed by atoms with van der Waals surface area (Å²) < 4.78 is 10.3. The number of thioether (sulfide) groups is 1. The topological polar surface area (TPSA) is 59.7 Å². The average molecular weight is 278 g/mol. The van der Waals surface area contributed by atoms with Crippen LogP contribution in [0.3, 0.4) is 0 Å². The van der Waals surface area contributed by atoms with Gasteiger partial charge in [0.2, 0.25) is 5.76 Å². The van der Waals surface area contributed by atoms with E-state index in [9.17, 15) is 4.79 Å². The highest BCUT2D eigenvalue weighted by atomic mass is 32.2. The molecule has 19 heavy (non-hydrogen) atoms. The van der Waals surface area contributed by atoms with Gasteiger partial charge in [-0.1, -0.05) is 23.9 Å². The maximum atomic E-state index is 10.7. The fraction of sp³-hybridized carbons (Fsp3) is 0.214. The van der Waals surface area contributed by atoms with E-state index in [1.807, 2.05) is 24.3 Å². The smallest absolute Gasteiger partial charge is 0.371 e. The summed E-state index contributed by atoms with van der Waals surface area (Å²) in [6.07, 6.45) is 0.887. The first-order valence-corrected chi connectivity index (χ1v) is 6.76. The predicted molar refractivity (Wildman–Crippen MR) is 73.1 cm³/mol. The van der Waals surface area contributed by atoms with E-state index in [-0.39, 0.29) is 5.76 Å². The molecule has 0 aliphatic carbocycles. The molecule has 0 unspecified atom stereocenters. The summed E-state index contributed by atoms with van der Waals surface area (Å²) in [6, 6.07) is 11.0. The van der Waals surface area contributed by atoms with Gasteiger partial charge >= 0.3 is 5.97 Å². The molecular weight excluding hydrogens is 264 g/mol. The van der Waals surface area contributed by atoms with Crippen LogP contribution in [0.1, 0.15) is 16.1 Å². The maximum Gasteiger partial charge on any atom is 0.371 e. The fourth-order valence-electron chi connectivity index (χ4n) is 1.57. The van der Waals surface area contributed by atoms with E-state index in [0.717, 1.165) is 17.9 Å². The molecule has 1 N–H and O–H groups in total. The SMILES string of the molecule is COc1ccc(CCSc2ccc(C(=O)O)o2)cc1. The van der Waals surface area contributed by atoms with Gasteiger partial charge in [0.25, 0.3) is 0 Å². The van der Waals surface area contributed by atoms with E-state index >= 15 is 0 Å². The molecule has 0 fully saturated rings. The molecule has 0 aliphatic heterocycles. The largest absolute Gasteiger partial charge is 0.497 e. The van der Waals surface area contributed by atoms with Crippen molar-refractivity contribution in [2.24, 2.45) is 0 Å². The Morgan fingerprint density at radius 3 is 2.58 bits per heavy atom. The third kappa shape index (κ3) is 3.79. The molecule has 0 amide bonds. The molecule has 0 saturated heterocycles. The quantitative estimate of drug-likeness (QED) is 0.821. The van der Waals surface area contributed by atoms with E-state index in [1.165, 1.54) is 23.4 Å². The van der Waals surface area contributed by atoms with Crippen LogP contribution in [-0.2, 0) is 6.42 Å². The molecule has 0 saturated carbocycles. The molecule has 1 heterocycles. The molecule has 2 rings (SSSR count). The number of hydrogen-bond acceptors (Lipinski definition) is 4. The van der Waals surface area contributed by atoms with Crippen molar-refractivity contribution < 1.29 is 19.1 Å². The van der Waals surface area contributed by atoms with E-state index in [0.29, 0.717) is 5.09 Å². The normalized spacial score (nSPS) is 10.4. The van der Waals surface area contributed by atoms with Gasteiger partial charge in [-0.3, -0.25) is 0 Å². The molecule has 0 aliphatic rings. The lowest BCUT2D eigenvalue weighted by atomic mass is 10.2. The number of rotatable bonds is 6. The van der Waals surface area contributed by atoms with E-state index in [4.69, 9.17) is 14.3 Å². The summed E-state index contributed by atoms with van der Waals surface area (Å²) in [5.74, 6) is 0.612. The van der Waals surface area contributed by atoms with Gasteiger partial charge in [0.15, 0.2) is 5.09 Å². The van der Waals surface area contributed by atoms with Crippen LogP contribution in [0.15, 0.2) is 45.9 Å². The van der Waals surface area contributed by atoms with Gasteiger partial charge in [-0.2, -0.15) is 0 Å². The third-order valence-electron chi connectivity index (χ3n) is 2.59.